The summed E-state index contributed by atoms with van der Waals surface area (Å²) < 4.78 is 11.1. The van der Waals surface area contributed by atoms with Gasteiger partial charge in [0.1, 0.15) is 11.9 Å². The SMILES string of the molecule is COc1ccc2ccccc2c1CNC(=O)[C@@H]1CC[C@H](CN)O1.Cl. The average Bonchev–Trinajstić information content (AvgIpc) is 3.08. The summed E-state index contributed by atoms with van der Waals surface area (Å²) >= 11 is 0. The fourth-order valence-electron chi connectivity index (χ4n) is 3.05. The summed E-state index contributed by atoms with van der Waals surface area (Å²) in [5, 5.41) is 5.17. The fraction of sp³-hybridized carbons (Fsp3) is 0.389. The van der Waals surface area contributed by atoms with Crippen molar-refractivity contribution < 1.29 is 14.3 Å². The van der Waals surface area contributed by atoms with Crippen LogP contribution in [0.1, 0.15) is 18.4 Å². The maximum Gasteiger partial charge on any atom is 0.249 e. The van der Waals surface area contributed by atoms with Gasteiger partial charge in [-0.3, -0.25) is 4.79 Å². The zero-order chi connectivity index (χ0) is 16.2. The second kappa shape index (κ2) is 8.33. The van der Waals surface area contributed by atoms with E-state index in [1.807, 2.05) is 36.4 Å². The molecule has 1 aliphatic rings. The summed E-state index contributed by atoms with van der Waals surface area (Å²) in [7, 11) is 1.64. The van der Waals surface area contributed by atoms with Crippen molar-refractivity contribution in [3.8, 4) is 5.75 Å². The van der Waals surface area contributed by atoms with Crippen LogP contribution < -0.4 is 15.8 Å². The third-order valence-corrected chi connectivity index (χ3v) is 4.32. The highest BCUT2D eigenvalue weighted by Gasteiger charge is 2.29. The minimum atomic E-state index is -0.399. The fourth-order valence-corrected chi connectivity index (χ4v) is 3.05. The summed E-state index contributed by atoms with van der Waals surface area (Å²) in [5.74, 6) is 0.687. The van der Waals surface area contributed by atoms with Crippen molar-refractivity contribution in [2.75, 3.05) is 13.7 Å². The summed E-state index contributed by atoms with van der Waals surface area (Å²) in [5.41, 5.74) is 6.57. The number of benzene rings is 2. The monoisotopic (exact) mass is 350 g/mol. The topological polar surface area (TPSA) is 73.6 Å². The number of nitrogens with two attached hydrogens (primary N) is 1. The number of fused-ring (bicyclic) bond motifs is 1. The van der Waals surface area contributed by atoms with Gasteiger partial charge in [0.15, 0.2) is 0 Å². The largest absolute Gasteiger partial charge is 0.496 e. The van der Waals surface area contributed by atoms with E-state index in [9.17, 15) is 4.79 Å². The number of carbonyl (C=O) groups excluding carboxylic acids is 1. The number of nitrogens with one attached hydrogen (secondary N) is 1. The average molecular weight is 351 g/mol. The Morgan fingerprint density at radius 3 is 2.79 bits per heavy atom. The van der Waals surface area contributed by atoms with E-state index in [1.54, 1.807) is 7.11 Å². The summed E-state index contributed by atoms with van der Waals surface area (Å²) in [6.45, 7) is 0.872. The lowest BCUT2D eigenvalue weighted by atomic mass is 10.0. The molecule has 2 atom stereocenters. The standard InChI is InChI=1S/C18H22N2O3.ClH/c1-22-16-8-6-12-4-2-3-5-14(12)15(16)11-20-18(21)17-9-7-13(10-19)23-17;/h2-6,8,13,17H,7,9-11,19H2,1H3,(H,20,21);1H/t13-,17+;/m1./s1. The van der Waals surface area contributed by atoms with E-state index in [2.05, 4.69) is 5.32 Å². The number of amides is 1. The molecule has 3 rings (SSSR count). The molecule has 0 saturated carbocycles. The molecule has 3 N–H and O–H groups in total. The van der Waals surface area contributed by atoms with Crippen molar-refractivity contribution in [2.45, 2.75) is 31.6 Å². The maximum atomic E-state index is 12.3. The van der Waals surface area contributed by atoms with E-state index in [0.29, 0.717) is 13.1 Å². The lowest BCUT2D eigenvalue weighted by molar-refractivity contribution is -0.132. The van der Waals surface area contributed by atoms with Gasteiger partial charge >= 0.3 is 0 Å². The van der Waals surface area contributed by atoms with Crippen LogP contribution in [0.25, 0.3) is 10.8 Å². The first-order chi connectivity index (χ1) is 11.2. The number of ether oxygens (including phenoxy) is 2. The van der Waals surface area contributed by atoms with Crippen LogP contribution in [0.2, 0.25) is 0 Å². The molecule has 1 fully saturated rings. The molecule has 0 radical (unpaired) electrons. The summed E-state index contributed by atoms with van der Waals surface area (Å²) in [4.78, 5) is 12.3. The molecule has 2 aromatic rings. The number of hydrogen-bond donors (Lipinski definition) is 2. The predicted molar refractivity (Wildman–Crippen MR) is 96.5 cm³/mol. The Morgan fingerprint density at radius 1 is 1.29 bits per heavy atom. The van der Waals surface area contributed by atoms with Crippen LogP contribution in [0.3, 0.4) is 0 Å². The highest BCUT2D eigenvalue weighted by atomic mass is 35.5. The number of carbonyl (C=O) groups is 1. The molecule has 5 nitrogen and oxygen atoms in total. The van der Waals surface area contributed by atoms with Crippen molar-refractivity contribution in [2.24, 2.45) is 5.73 Å². The molecule has 0 spiro atoms. The van der Waals surface area contributed by atoms with Crippen molar-refractivity contribution in [3.05, 3.63) is 42.0 Å². The van der Waals surface area contributed by atoms with Crippen LogP contribution >= 0.6 is 12.4 Å². The third-order valence-electron chi connectivity index (χ3n) is 4.32. The van der Waals surface area contributed by atoms with Crippen molar-refractivity contribution in [1.82, 2.24) is 5.32 Å². The highest BCUT2D eigenvalue weighted by molar-refractivity contribution is 5.88. The quantitative estimate of drug-likeness (QED) is 0.868. The lowest BCUT2D eigenvalue weighted by Crippen LogP contribution is -2.35. The van der Waals surface area contributed by atoms with Gasteiger partial charge in [0.05, 0.1) is 13.2 Å². The molecule has 0 aromatic heterocycles. The number of halogens is 1. The molecule has 130 valence electrons. The molecule has 24 heavy (non-hydrogen) atoms. The molecule has 0 unspecified atom stereocenters. The van der Waals surface area contributed by atoms with Crippen LogP contribution in [-0.4, -0.2) is 31.8 Å². The Labute approximate surface area is 147 Å². The van der Waals surface area contributed by atoms with Gasteiger partial charge in [-0.2, -0.15) is 0 Å². The van der Waals surface area contributed by atoms with Gasteiger partial charge in [-0.05, 0) is 29.7 Å². The molecular weight excluding hydrogens is 328 g/mol. The minimum absolute atomic E-state index is 0. The van der Waals surface area contributed by atoms with E-state index < -0.39 is 6.10 Å². The lowest BCUT2D eigenvalue weighted by Gasteiger charge is -2.15. The van der Waals surface area contributed by atoms with E-state index in [-0.39, 0.29) is 24.4 Å². The Bertz CT molecular complexity index is 708. The maximum absolute atomic E-state index is 12.3. The molecule has 6 heteroatoms. The van der Waals surface area contributed by atoms with Crippen molar-refractivity contribution in [1.29, 1.82) is 0 Å². The molecule has 2 aromatic carbocycles. The normalized spacial score (nSPS) is 19.8. The zero-order valence-electron chi connectivity index (χ0n) is 13.7. The molecule has 1 amide bonds. The van der Waals surface area contributed by atoms with Crippen LogP contribution in [0.15, 0.2) is 36.4 Å². The second-order valence-corrected chi connectivity index (χ2v) is 5.75. The Kier molecular flexibility index (Phi) is 6.43. The van der Waals surface area contributed by atoms with Gasteiger partial charge in [-0.15, -0.1) is 12.4 Å². The third kappa shape index (κ3) is 3.80. The Balaban J connectivity index is 0.00000208. The molecule has 0 aliphatic carbocycles. The number of rotatable bonds is 5. The Hall–Kier alpha value is -1.82. The molecule has 1 heterocycles. The first-order valence-corrected chi connectivity index (χ1v) is 7.90. The van der Waals surface area contributed by atoms with Crippen LogP contribution in [0.5, 0.6) is 5.75 Å². The van der Waals surface area contributed by atoms with Crippen LogP contribution in [0, 0.1) is 0 Å². The first kappa shape index (κ1) is 18.5. The number of hydrogen-bond acceptors (Lipinski definition) is 4. The van der Waals surface area contributed by atoms with Crippen LogP contribution in [-0.2, 0) is 16.1 Å². The molecule has 0 bridgehead atoms. The van der Waals surface area contributed by atoms with E-state index in [1.165, 1.54) is 0 Å². The second-order valence-electron chi connectivity index (χ2n) is 5.75. The molecule has 1 aliphatic heterocycles. The minimum Gasteiger partial charge on any atom is -0.496 e. The predicted octanol–water partition coefficient (Wildman–Crippen LogP) is 2.39. The van der Waals surface area contributed by atoms with Crippen molar-refractivity contribution in [3.63, 3.8) is 0 Å². The van der Waals surface area contributed by atoms with Gasteiger partial charge in [0, 0.05) is 18.7 Å². The van der Waals surface area contributed by atoms with E-state index in [4.69, 9.17) is 15.2 Å². The number of methoxy groups -OCH3 is 1. The Morgan fingerprint density at radius 2 is 2.08 bits per heavy atom. The van der Waals surface area contributed by atoms with E-state index >= 15 is 0 Å². The van der Waals surface area contributed by atoms with E-state index in [0.717, 1.165) is 34.9 Å². The van der Waals surface area contributed by atoms with Gasteiger partial charge < -0.3 is 20.5 Å². The molecular formula is C18H23ClN2O3. The van der Waals surface area contributed by atoms with Gasteiger partial charge in [-0.25, -0.2) is 0 Å². The zero-order valence-corrected chi connectivity index (χ0v) is 14.5. The summed E-state index contributed by atoms with van der Waals surface area (Å²) in [6, 6.07) is 12.0. The van der Waals surface area contributed by atoms with Gasteiger partial charge in [-0.1, -0.05) is 30.3 Å². The smallest absolute Gasteiger partial charge is 0.249 e. The summed E-state index contributed by atoms with van der Waals surface area (Å²) in [6.07, 6.45) is 1.16. The molecule has 1 saturated heterocycles. The van der Waals surface area contributed by atoms with Gasteiger partial charge in [0.2, 0.25) is 5.91 Å². The van der Waals surface area contributed by atoms with Crippen LogP contribution in [0.4, 0.5) is 0 Å². The first-order valence-electron chi connectivity index (χ1n) is 7.90. The van der Waals surface area contributed by atoms with Crippen molar-refractivity contribution >= 4 is 29.1 Å². The highest BCUT2D eigenvalue weighted by Crippen LogP contribution is 2.28. The van der Waals surface area contributed by atoms with Gasteiger partial charge in [0.25, 0.3) is 0 Å².